The zero-order valence-electron chi connectivity index (χ0n) is 31.2. The van der Waals surface area contributed by atoms with Gasteiger partial charge in [-0.3, -0.25) is 0 Å². The zero-order chi connectivity index (χ0) is 38.2. The summed E-state index contributed by atoms with van der Waals surface area (Å²) < 4.78 is 8.88. The van der Waals surface area contributed by atoms with E-state index >= 15 is 0 Å². The smallest absolute Gasteiger partial charge is 0.161 e. The monoisotopic (exact) mass is 756 g/mol. The van der Waals surface area contributed by atoms with E-state index in [4.69, 9.17) is 14.4 Å². The Balaban J connectivity index is 1.08. The number of aromatic nitrogens is 2. The molecule has 0 N–H and O–H groups in total. The van der Waals surface area contributed by atoms with Gasteiger partial charge in [0.25, 0.3) is 0 Å². The van der Waals surface area contributed by atoms with Gasteiger partial charge in [0.2, 0.25) is 0 Å². The lowest BCUT2D eigenvalue weighted by Crippen LogP contribution is -1.95. The summed E-state index contributed by atoms with van der Waals surface area (Å²) in [7, 11) is 0. The van der Waals surface area contributed by atoms with E-state index in [9.17, 15) is 0 Å². The van der Waals surface area contributed by atoms with Gasteiger partial charge in [-0.1, -0.05) is 158 Å². The summed E-state index contributed by atoms with van der Waals surface area (Å²) in [5.74, 6) is 0.674. The number of thiophene rings is 1. The van der Waals surface area contributed by atoms with E-state index in [2.05, 4.69) is 182 Å². The van der Waals surface area contributed by atoms with Crippen LogP contribution in [0, 0.1) is 0 Å². The van der Waals surface area contributed by atoms with Crippen LogP contribution in [-0.4, -0.2) is 9.97 Å². The molecule has 0 bridgehead atoms. The molecule has 3 nitrogen and oxygen atoms in total. The van der Waals surface area contributed by atoms with Crippen molar-refractivity contribution < 1.29 is 4.42 Å². The molecule has 58 heavy (non-hydrogen) atoms. The van der Waals surface area contributed by atoms with E-state index in [0.29, 0.717) is 5.82 Å². The van der Waals surface area contributed by atoms with Crippen LogP contribution in [0.1, 0.15) is 0 Å². The van der Waals surface area contributed by atoms with Gasteiger partial charge in [0.05, 0.1) is 15.9 Å². The number of nitrogens with zero attached hydrogens (tertiary/aromatic N) is 2. The highest BCUT2D eigenvalue weighted by Crippen LogP contribution is 2.44. The van der Waals surface area contributed by atoms with Crippen molar-refractivity contribution >= 4 is 75.1 Å². The molecular weight excluding hydrogens is 725 g/mol. The molecule has 3 heterocycles. The minimum absolute atomic E-state index is 0.674. The van der Waals surface area contributed by atoms with Crippen LogP contribution in [0.2, 0.25) is 0 Å². The van der Waals surface area contributed by atoms with E-state index in [1.54, 1.807) is 11.3 Å². The Hall–Kier alpha value is -7.40. The minimum atomic E-state index is 0.674. The molecule has 12 rings (SSSR count). The van der Waals surface area contributed by atoms with Gasteiger partial charge in [-0.25, -0.2) is 9.97 Å². The normalized spacial score (nSPS) is 11.8. The van der Waals surface area contributed by atoms with Crippen molar-refractivity contribution in [2.24, 2.45) is 0 Å². The summed E-state index contributed by atoms with van der Waals surface area (Å²) in [5.41, 5.74) is 12.4. The predicted octanol–water partition coefficient (Wildman–Crippen LogP) is 15.4. The predicted molar refractivity (Wildman–Crippen MR) is 244 cm³/mol. The highest BCUT2D eigenvalue weighted by Gasteiger charge is 2.22. The molecule has 0 saturated heterocycles. The van der Waals surface area contributed by atoms with E-state index in [1.807, 2.05) is 12.1 Å². The summed E-state index contributed by atoms with van der Waals surface area (Å²) in [6.45, 7) is 0. The average molecular weight is 757 g/mol. The Labute approximate surface area is 338 Å². The SMILES string of the molecule is c1ccc(-c2cccc(-c3cc(-c4nc(-c5ccc(-c6cc7ccccc7c7ccccc67)cc5)c5sc6ccccc6c5n4)c4c(c3)oc3ccccc34)c2)cc1. The van der Waals surface area contributed by atoms with Crippen molar-refractivity contribution in [2.75, 3.05) is 0 Å². The molecule has 0 amide bonds. The topological polar surface area (TPSA) is 38.9 Å². The van der Waals surface area contributed by atoms with E-state index in [0.717, 1.165) is 71.1 Å². The molecule has 9 aromatic carbocycles. The molecular formula is C54H32N2OS. The fraction of sp³-hybridized carbons (Fsp3) is 0. The van der Waals surface area contributed by atoms with Gasteiger partial charge in [0, 0.05) is 32.0 Å². The number of rotatable bonds is 5. The molecule has 0 aliphatic heterocycles. The lowest BCUT2D eigenvalue weighted by molar-refractivity contribution is 0.669. The maximum absolute atomic E-state index is 6.61. The molecule has 0 radical (unpaired) electrons. The second-order valence-corrected chi connectivity index (χ2v) is 15.9. The molecule has 0 spiro atoms. The minimum Gasteiger partial charge on any atom is -0.456 e. The van der Waals surface area contributed by atoms with Crippen molar-refractivity contribution in [1.29, 1.82) is 0 Å². The molecule has 0 saturated carbocycles. The van der Waals surface area contributed by atoms with Crippen molar-refractivity contribution in [3.8, 4) is 56.0 Å². The first-order valence-electron chi connectivity index (χ1n) is 19.6. The summed E-state index contributed by atoms with van der Waals surface area (Å²) in [6.07, 6.45) is 0. The largest absolute Gasteiger partial charge is 0.456 e. The lowest BCUT2D eigenvalue weighted by atomic mass is 9.93. The Morgan fingerprint density at radius 1 is 0.379 bits per heavy atom. The number of hydrogen-bond acceptors (Lipinski definition) is 4. The third-order valence-electron chi connectivity index (χ3n) is 11.5. The van der Waals surface area contributed by atoms with Crippen molar-refractivity contribution in [3.05, 3.63) is 194 Å². The van der Waals surface area contributed by atoms with Gasteiger partial charge in [-0.2, -0.15) is 0 Å². The molecule has 270 valence electrons. The first-order chi connectivity index (χ1) is 28.7. The number of furan rings is 1. The van der Waals surface area contributed by atoms with Gasteiger partial charge in [-0.15, -0.1) is 11.3 Å². The molecule has 0 fully saturated rings. The Kier molecular flexibility index (Phi) is 7.40. The van der Waals surface area contributed by atoms with Crippen LogP contribution in [0.5, 0.6) is 0 Å². The molecule has 12 aromatic rings. The van der Waals surface area contributed by atoms with Gasteiger partial charge < -0.3 is 4.42 Å². The van der Waals surface area contributed by atoms with Crippen LogP contribution >= 0.6 is 11.3 Å². The highest BCUT2D eigenvalue weighted by molar-refractivity contribution is 7.26. The van der Waals surface area contributed by atoms with Crippen LogP contribution in [-0.2, 0) is 0 Å². The maximum Gasteiger partial charge on any atom is 0.161 e. The molecule has 0 unspecified atom stereocenters. The summed E-state index contributed by atoms with van der Waals surface area (Å²) >= 11 is 1.75. The zero-order valence-corrected chi connectivity index (χ0v) is 32.0. The second kappa shape index (κ2) is 13.1. The summed E-state index contributed by atoms with van der Waals surface area (Å²) in [6, 6.07) is 69.1. The fourth-order valence-corrected chi connectivity index (χ4v) is 9.87. The molecule has 0 atom stereocenters. The van der Waals surface area contributed by atoms with Gasteiger partial charge in [0.1, 0.15) is 11.2 Å². The third kappa shape index (κ3) is 5.27. The fourth-order valence-electron chi connectivity index (χ4n) is 8.71. The van der Waals surface area contributed by atoms with Crippen LogP contribution < -0.4 is 0 Å². The molecule has 4 heteroatoms. The highest BCUT2D eigenvalue weighted by atomic mass is 32.1. The number of para-hydroxylation sites is 1. The lowest BCUT2D eigenvalue weighted by Gasteiger charge is -2.13. The van der Waals surface area contributed by atoms with Crippen LogP contribution in [0.3, 0.4) is 0 Å². The quantitative estimate of drug-likeness (QED) is 0.164. The average Bonchev–Trinajstić information content (AvgIpc) is 3.87. The molecule has 0 aliphatic rings. The number of benzene rings is 9. The van der Waals surface area contributed by atoms with E-state index in [-0.39, 0.29) is 0 Å². The van der Waals surface area contributed by atoms with Crippen LogP contribution in [0.25, 0.3) is 120 Å². The van der Waals surface area contributed by atoms with E-state index < -0.39 is 0 Å². The summed E-state index contributed by atoms with van der Waals surface area (Å²) in [5, 5.41) is 8.21. The Morgan fingerprint density at radius 3 is 1.88 bits per heavy atom. The van der Waals surface area contributed by atoms with Gasteiger partial charge in [0.15, 0.2) is 5.82 Å². The van der Waals surface area contributed by atoms with Crippen molar-refractivity contribution in [3.63, 3.8) is 0 Å². The summed E-state index contributed by atoms with van der Waals surface area (Å²) in [4.78, 5) is 11.0. The standard InChI is InChI=1S/C54H32N2OS/c1-2-13-33(14-3-1)36-16-12-17-37(29-36)39-31-46(50-43-21-8-10-23-47(43)57-48(50)32-39)54-55-51(53-52(56-54)44-22-9-11-24-49(44)58-53)35-27-25-34(26-28-35)45-30-38-15-4-5-18-40(38)41-19-6-7-20-42(41)45/h1-32H. The van der Waals surface area contributed by atoms with Crippen molar-refractivity contribution in [2.45, 2.75) is 0 Å². The van der Waals surface area contributed by atoms with E-state index in [1.165, 1.54) is 42.9 Å². The third-order valence-corrected chi connectivity index (χ3v) is 12.6. The van der Waals surface area contributed by atoms with Crippen LogP contribution in [0.4, 0.5) is 0 Å². The molecule has 3 aromatic heterocycles. The van der Waals surface area contributed by atoms with Gasteiger partial charge in [-0.05, 0) is 91.3 Å². The second-order valence-electron chi connectivity index (χ2n) is 14.9. The first kappa shape index (κ1) is 32.8. The maximum atomic E-state index is 6.61. The number of hydrogen-bond donors (Lipinski definition) is 0. The first-order valence-corrected chi connectivity index (χ1v) is 20.4. The Bertz CT molecular complexity index is 3560. The van der Waals surface area contributed by atoms with Crippen LogP contribution in [0.15, 0.2) is 199 Å². The molecule has 0 aliphatic carbocycles. The van der Waals surface area contributed by atoms with Gasteiger partial charge >= 0.3 is 0 Å². The Morgan fingerprint density at radius 2 is 1.03 bits per heavy atom. The van der Waals surface area contributed by atoms with Crippen molar-refractivity contribution in [1.82, 2.24) is 9.97 Å². The number of fused-ring (bicyclic) bond motifs is 9.